The molecule has 62 valence electrons. The second kappa shape index (κ2) is 4.07. The van der Waals surface area contributed by atoms with Crippen molar-refractivity contribution >= 4 is 18.1 Å². The molecule has 0 amide bonds. The number of aromatic nitrogens is 1. The van der Waals surface area contributed by atoms with Crippen LogP contribution in [0.4, 0.5) is 5.82 Å². The van der Waals surface area contributed by atoms with Crippen molar-refractivity contribution in [3.63, 3.8) is 0 Å². The molecule has 5 heteroatoms. The molecular formula is C7H9N5. The molecule has 0 bridgehead atoms. The second-order valence-corrected chi connectivity index (χ2v) is 1.94. The van der Waals surface area contributed by atoms with Crippen molar-refractivity contribution < 1.29 is 0 Å². The van der Waals surface area contributed by atoms with Gasteiger partial charge in [-0.15, -0.1) is 0 Å². The maximum atomic E-state index is 5.35. The zero-order chi connectivity index (χ0) is 8.81. The van der Waals surface area contributed by atoms with Crippen LogP contribution in [0.3, 0.4) is 0 Å². The van der Waals surface area contributed by atoms with E-state index in [-0.39, 0.29) is 5.96 Å². The highest BCUT2D eigenvalue weighted by Crippen LogP contribution is 2.03. The van der Waals surface area contributed by atoms with Crippen molar-refractivity contribution in [3.05, 3.63) is 24.4 Å². The van der Waals surface area contributed by atoms with E-state index in [1.165, 1.54) is 0 Å². The van der Waals surface area contributed by atoms with E-state index in [4.69, 9.17) is 11.5 Å². The zero-order valence-electron chi connectivity index (χ0n) is 6.38. The third-order valence-corrected chi connectivity index (χ3v) is 1.09. The topological polar surface area (TPSA) is 89.6 Å². The summed E-state index contributed by atoms with van der Waals surface area (Å²) in [6, 6.07) is 5.32. The summed E-state index contributed by atoms with van der Waals surface area (Å²) in [5, 5.41) is 0. The second-order valence-electron chi connectivity index (χ2n) is 1.94. The molecule has 0 aromatic carbocycles. The lowest BCUT2D eigenvalue weighted by atomic mass is 10.5. The summed E-state index contributed by atoms with van der Waals surface area (Å²) in [4.78, 5) is 11.3. The molecule has 0 aliphatic rings. The molecule has 1 aromatic heterocycles. The van der Waals surface area contributed by atoms with E-state index in [1.54, 1.807) is 18.3 Å². The first-order valence-corrected chi connectivity index (χ1v) is 3.32. The number of hydrogen-bond donors (Lipinski definition) is 2. The van der Waals surface area contributed by atoms with E-state index in [2.05, 4.69) is 15.0 Å². The number of rotatable bonds is 1. The normalized spacial score (nSPS) is 12.2. The van der Waals surface area contributed by atoms with E-state index in [0.717, 1.165) is 6.34 Å². The van der Waals surface area contributed by atoms with Crippen LogP contribution in [0.25, 0.3) is 0 Å². The average Bonchev–Trinajstić information content (AvgIpc) is 2.06. The predicted octanol–water partition coefficient (Wildman–Crippen LogP) is 0.0148. The standard InChI is InChI=1S/C7H9N5/c8-5-11-7(9)12-6-3-1-2-4-10-6/h1-5H,(H4,8,9,10,11,12). The highest BCUT2D eigenvalue weighted by Gasteiger charge is 1.88. The molecule has 1 aromatic rings. The molecule has 0 atom stereocenters. The Morgan fingerprint density at radius 2 is 2.33 bits per heavy atom. The molecular weight excluding hydrogens is 154 g/mol. The van der Waals surface area contributed by atoms with E-state index in [0.29, 0.717) is 5.82 Å². The molecule has 0 aliphatic carbocycles. The number of nitrogens with two attached hydrogens (primary N) is 2. The number of aliphatic imine (C=N–C) groups is 2. The minimum Gasteiger partial charge on any atom is -0.390 e. The molecule has 5 nitrogen and oxygen atoms in total. The van der Waals surface area contributed by atoms with Crippen LogP contribution in [0.15, 0.2) is 34.4 Å². The van der Waals surface area contributed by atoms with Crippen molar-refractivity contribution in [1.29, 1.82) is 0 Å². The Labute approximate surface area is 69.9 Å². The van der Waals surface area contributed by atoms with Gasteiger partial charge in [-0.3, -0.25) is 0 Å². The van der Waals surface area contributed by atoms with Crippen molar-refractivity contribution in [2.24, 2.45) is 21.5 Å². The molecule has 0 aliphatic heterocycles. The lowest BCUT2D eigenvalue weighted by molar-refractivity contribution is 1.26. The Morgan fingerprint density at radius 3 is 2.92 bits per heavy atom. The quantitative estimate of drug-likeness (QED) is 0.451. The summed E-state index contributed by atoms with van der Waals surface area (Å²) in [6.07, 6.45) is 2.71. The maximum Gasteiger partial charge on any atom is 0.223 e. The first-order valence-electron chi connectivity index (χ1n) is 3.32. The van der Waals surface area contributed by atoms with Gasteiger partial charge in [-0.25, -0.2) is 9.98 Å². The first kappa shape index (κ1) is 8.19. The van der Waals surface area contributed by atoms with Crippen LogP contribution >= 0.6 is 0 Å². The minimum absolute atomic E-state index is 0.0937. The van der Waals surface area contributed by atoms with Gasteiger partial charge in [0.1, 0.15) is 0 Å². The Bertz CT molecular complexity index is 290. The molecule has 4 N–H and O–H groups in total. The van der Waals surface area contributed by atoms with Gasteiger partial charge in [-0.2, -0.15) is 4.99 Å². The van der Waals surface area contributed by atoms with Gasteiger partial charge in [0.15, 0.2) is 5.82 Å². The molecule has 0 saturated carbocycles. The lowest BCUT2D eigenvalue weighted by Gasteiger charge is -1.91. The average molecular weight is 163 g/mol. The molecule has 12 heavy (non-hydrogen) atoms. The molecule has 1 rings (SSSR count). The summed E-state index contributed by atoms with van der Waals surface area (Å²) in [5.41, 5.74) is 10.4. The van der Waals surface area contributed by atoms with Crippen molar-refractivity contribution in [2.45, 2.75) is 0 Å². The van der Waals surface area contributed by atoms with Gasteiger partial charge in [-0.1, -0.05) is 6.07 Å². The van der Waals surface area contributed by atoms with Crippen LogP contribution < -0.4 is 11.5 Å². The lowest BCUT2D eigenvalue weighted by Crippen LogP contribution is -2.09. The maximum absolute atomic E-state index is 5.35. The fourth-order valence-corrected chi connectivity index (χ4v) is 0.642. The SMILES string of the molecule is N/C=N\C(N)=N\c1ccccn1. The van der Waals surface area contributed by atoms with Gasteiger partial charge in [-0.05, 0) is 12.1 Å². The smallest absolute Gasteiger partial charge is 0.223 e. The third-order valence-electron chi connectivity index (χ3n) is 1.09. The van der Waals surface area contributed by atoms with E-state index < -0.39 is 0 Å². The number of hydrogen-bond acceptors (Lipinski definition) is 2. The van der Waals surface area contributed by atoms with E-state index in [9.17, 15) is 0 Å². The minimum atomic E-state index is 0.0937. The zero-order valence-corrected chi connectivity index (χ0v) is 6.38. The van der Waals surface area contributed by atoms with Crippen LogP contribution in [0, 0.1) is 0 Å². The van der Waals surface area contributed by atoms with Gasteiger partial charge < -0.3 is 11.5 Å². The third kappa shape index (κ3) is 2.37. The van der Waals surface area contributed by atoms with Crippen LogP contribution in [-0.2, 0) is 0 Å². The fourth-order valence-electron chi connectivity index (χ4n) is 0.642. The summed E-state index contributed by atoms with van der Waals surface area (Å²) < 4.78 is 0. The predicted molar refractivity (Wildman–Crippen MR) is 48.2 cm³/mol. The fraction of sp³-hybridized carbons (Fsp3) is 0. The molecule has 1 heterocycles. The van der Waals surface area contributed by atoms with E-state index in [1.807, 2.05) is 6.07 Å². The van der Waals surface area contributed by atoms with E-state index >= 15 is 0 Å². The van der Waals surface area contributed by atoms with Gasteiger partial charge in [0.05, 0.1) is 6.34 Å². The molecule has 0 spiro atoms. The summed E-state index contributed by atoms with van der Waals surface area (Å²) in [6.45, 7) is 0. The van der Waals surface area contributed by atoms with Crippen molar-refractivity contribution in [2.75, 3.05) is 0 Å². The number of pyridine rings is 1. The molecule has 0 unspecified atom stereocenters. The molecule has 0 fully saturated rings. The van der Waals surface area contributed by atoms with Crippen molar-refractivity contribution in [1.82, 2.24) is 4.98 Å². The summed E-state index contributed by atoms with van der Waals surface area (Å²) in [5.74, 6) is 0.608. The highest BCUT2D eigenvalue weighted by molar-refractivity contribution is 5.87. The number of guanidine groups is 1. The van der Waals surface area contributed by atoms with Crippen LogP contribution in [0.5, 0.6) is 0 Å². The molecule has 0 radical (unpaired) electrons. The van der Waals surface area contributed by atoms with Gasteiger partial charge in [0.25, 0.3) is 0 Å². The van der Waals surface area contributed by atoms with Crippen molar-refractivity contribution in [3.8, 4) is 0 Å². The Morgan fingerprint density at radius 1 is 1.50 bits per heavy atom. The van der Waals surface area contributed by atoms with Crippen LogP contribution in [-0.4, -0.2) is 17.3 Å². The van der Waals surface area contributed by atoms with Gasteiger partial charge >= 0.3 is 0 Å². The van der Waals surface area contributed by atoms with Crippen LogP contribution in [0.1, 0.15) is 0 Å². The Hall–Kier alpha value is -1.91. The van der Waals surface area contributed by atoms with Crippen LogP contribution in [0.2, 0.25) is 0 Å². The monoisotopic (exact) mass is 163 g/mol. The summed E-state index contributed by atoms with van der Waals surface area (Å²) >= 11 is 0. The highest BCUT2D eigenvalue weighted by atomic mass is 15.1. The largest absolute Gasteiger partial charge is 0.390 e. The van der Waals surface area contributed by atoms with Gasteiger partial charge in [0, 0.05) is 6.20 Å². The van der Waals surface area contributed by atoms with Gasteiger partial charge in [0.2, 0.25) is 5.96 Å². The Kier molecular flexibility index (Phi) is 2.78. The summed E-state index contributed by atoms with van der Waals surface area (Å²) in [7, 11) is 0. The Balaban J connectivity index is 2.81. The molecule has 0 saturated heterocycles. The first-order chi connectivity index (χ1) is 5.83. The number of nitrogens with zero attached hydrogens (tertiary/aromatic N) is 3.